The van der Waals surface area contributed by atoms with Crippen LogP contribution in [0, 0.1) is 0 Å². The summed E-state index contributed by atoms with van der Waals surface area (Å²) in [7, 11) is 0. The zero-order valence-electron chi connectivity index (χ0n) is 13.7. The van der Waals surface area contributed by atoms with E-state index in [0.29, 0.717) is 12.1 Å². The molecule has 0 radical (unpaired) electrons. The Balaban J connectivity index is 1.56. The maximum Gasteiger partial charge on any atom is 0.224 e. The third kappa shape index (κ3) is 4.85. The highest BCUT2D eigenvalue weighted by Gasteiger charge is 2.15. The molecule has 2 saturated carbocycles. The van der Waals surface area contributed by atoms with E-state index in [1.807, 2.05) is 12.3 Å². The van der Waals surface area contributed by atoms with Crippen LogP contribution in [0.1, 0.15) is 77.0 Å². The van der Waals surface area contributed by atoms with Crippen LogP contribution in [0.3, 0.4) is 0 Å². The van der Waals surface area contributed by atoms with Gasteiger partial charge in [-0.25, -0.2) is 4.98 Å². The predicted octanol–water partition coefficient (Wildman–Crippen LogP) is 4.75. The van der Waals surface area contributed by atoms with Crippen molar-refractivity contribution >= 4 is 11.8 Å². The molecule has 0 atom stereocenters. The van der Waals surface area contributed by atoms with E-state index in [1.54, 1.807) is 0 Å². The van der Waals surface area contributed by atoms with Gasteiger partial charge in [0.25, 0.3) is 0 Å². The van der Waals surface area contributed by atoms with Gasteiger partial charge in [0.15, 0.2) is 0 Å². The van der Waals surface area contributed by atoms with Gasteiger partial charge >= 0.3 is 0 Å². The second kappa shape index (κ2) is 8.35. The van der Waals surface area contributed by atoms with Gasteiger partial charge in [-0.2, -0.15) is 4.98 Å². The Hall–Kier alpha value is -1.32. The molecule has 0 unspecified atom stereocenters. The van der Waals surface area contributed by atoms with Crippen molar-refractivity contribution in [3.63, 3.8) is 0 Å². The first-order valence-corrected chi connectivity index (χ1v) is 9.26. The molecule has 2 fully saturated rings. The number of nitrogens with one attached hydrogen (secondary N) is 2. The quantitative estimate of drug-likeness (QED) is 0.788. The summed E-state index contributed by atoms with van der Waals surface area (Å²) < 4.78 is 0. The van der Waals surface area contributed by atoms with Crippen molar-refractivity contribution < 1.29 is 0 Å². The summed E-state index contributed by atoms with van der Waals surface area (Å²) in [4.78, 5) is 9.10. The lowest BCUT2D eigenvalue weighted by Gasteiger charge is -2.19. The molecule has 0 amide bonds. The number of rotatable bonds is 4. The van der Waals surface area contributed by atoms with Crippen LogP contribution in [0.15, 0.2) is 12.3 Å². The summed E-state index contributed by atoms with van der Waals surface area (Å²) >= 11 is 0. The molecule has 4 nitrogen and oxygen atoms in total. The predicted molar refractivity (Wildman–Crippen MR) is 92.3 cm³/mol. The van der Waals surface area contributed by atoms with E-state index < -0.39 is 0 Å². The number of anilines is 2. The lowest BCUT2D eigenvalue weighted by molar-refractivity contribution is 0.611. The number of hydrogen-bond acceptors (Lipinski definition) is 4. The first kappa shape index (κ1) is 15.6. The molecular formula is C18H30N4. The average molecular weight is 302 g/mol. The molecular weight excluding hydrogens is 272 g/mol. The Labute approximate surface area is 134 Å². The zero-order chi connectivity index (χ0) is 15.0. The summed E-state index contributed by atoms with van der Waals surface area (Å²) in [6.45, 7) is 0. The summed E-state index contributed by atoms with van der Waals surface area (Å²) in [6.07, 6.45) is 17.8. The Bertz CT molecular complexity index is 395. The van der Waals surface area contributed by atoms with Gasteiger partial charge in [0, 0.05) is 18.3 Å². The van der Waals surface area contributed by atoms with Gasteiger partial charge in [-0.05, 0) is 31.7 Å². The maximum absolute atomic E-state index is 4.69. The Kier molecular flexibility index (Phi) is 5.91. The van der Waals surface area contributed by atoms with Gasteiger partial charge in [0.1, 0.15) is 5.82 Å². The van der Waals surface area contributed by atoms with Crippen LogP contribution >= 0.6 is 0 Å². The Morgan fingerprint density at radius 2 is 1.27 bits per heavy atom. The van der Waals surface area contributed by atoms with E-state index in [2.05, 4.69) is 20.6 Å². The fraction of sp³-hybridized carbons (Fsp3) is 0.778. The standard InChI is InChI=1S/C18H30N4/c1-2-6-10-15(9-5-1)20-17-13-14-19-18(22-17)21-16-11-7-3-4-8-12-16/h13-16H,1-12H2,(H2,19,20,21,22). The van der Waals surface area contributed by atoms with Crippen LogP contribution in [0.2, 0.25) is 0 Å². The van der Waals surface area contributed by atoms with E-state index in [-0.39, 0.29) is 0 Å². The van der Waals surface area contributed by atoms with Crippen molar-refractivity contribution in [1.29, 1.82) is 0 Å². The van der Waals surface area contributed by atoms with Gasteiger partial charge in [0.05, 0.1) is 0 Å². The van der Waals surface area contributed by atoms with Gasteiger partial charge in [-0.15, -0.1) is 0 Å². The summed E-state index contributed by atoms with van der Waals surface area (Å²) in [6, 6.07) is 3.14. The van der Waals surface area contributed by atoms with Crippen LogP contribution < -0.4 is 10.6 Å². The molecule has 2 aliphatic carbocycles. The second-order valence-corrected chi connectivity index (χ2v) is 6.93. The van der Waals surface area contributed by atoms with Crippen molar-refractivity contribution in [2.75, 3.05) is 10.6 Å². The second-order valence-electron chi connectivity index (χ2n) is 6.93. The summed E-state index contributed by atoms with van der Waals surface area (Å²) in [5.41, 5.74) is 0. The molecule has 2 aliphatic rings. The van der Waals surface area contributed by atoms with Crippen LogP contribution in [-0.4, -0.2) is 22.1 Å². The van der Waals surface area contributed by atoms with Gasteiger partial charge in [-0.1, -0.05) is 51.4 Å². The number of aromatic nitrogens is 2. The molecule has 0 saturated heterocycles. The molecule has 4 heteroatoms. The first-order chi connectivity index (χ1) is 10.9. The van der Waals surface area contributed by atoms with Crippen LogP contribution in [0.5, 0.6) is 0 Å². The lowest BCUT2D eigenvalue weighted by atomic mass is 10.1. The molecule has 122 valence electrons. The summed E-state index contributed by atoms with van der Waals surface area (Å²) in [5, 5.41) is 7.17. The third-order valence-electron chi connectivity index (χ3n) is 5.05. The van der Waals surface area contributed by atoms with E-state index >= 15 is 0 Å². The van der Waals surface area contributed by atoms with Gasteiger partial charge in [0.2, 0.25) is 5.95 Å². The van der Waals surface area contributed by atoms with E-state index in [4.69, 9.17) is 0 Å². The minimum absolute atomic E-state index is 0.552. The Morgan fingerprint density at radius 3 is 1.86 bits per heavy atom. The molecule has 0 bridgehead atoms. The van der Waals surface area contributed by atoms with Crippen LogP contribution in [0.25, 0.3) is 0 Å². The smallest absolute Gasteiger partial charge is 0.224 e. The highest BCUT2D eigenvalue weighted by molar-refractivity contribution is 5.40. The largest absolute Gasteiger partial charge is 0.367 e. The zero-order valence-corrected chi connectivity index (χ0v) is 13.7. The van der Waals surface area contributed by atoms with Crippen molar-refractivity contribution in [3.8, 4) is 0 Å². The molecule has 1 aromatic heterocycles. The molecule has 0 aliphatic heterocycles. The number of hydrogen-bond donors (Lipinski definition) is 2. The molecule has 0 aromatic carbocycles. The molecule has 3 rings (SSSR count). The average Bonchev–Trinajstić information content (AvgIpc) is 2.93. The van der Waals surface area contributed by atoms with Crippen LogP contribution in [-0.2, 0) is 0 Å². The van der Waals surface area contributed by atoms with Gasteiger partial charge < -0.3 is 10.6 Å². The molecule has 0 spiro atoms. The van der Waals surface area contributed by atoms with Crippen molar-refractivity contribution in [2.45, 2.75) is 89.1 Å². The fourth-order valence-corrected chi connectivity index (χ4v) is 3.75. The topological polar surface area (TPSA) is 49.8 Å². The van der Waals surface area contributed by atoms with E-state index in [0.717, 1.165) is 11.8 Å². The molecule has 1 heterocycles. The van der Waals surface area contributed by atoms with Crippen molar-refractivity contribution in [1.82, 2.24) is 9.97 Å². The van der Waals surface area contributed by atoms with Crippen molar-refractivity contribution in [2.24, 2.45) is 0 Å². The molecule has 22 heavy (non-hydrogen) atoms. The van der Waals surface area contributed by atoms with E-state index in [1.165, 1.54) is 77.0 Å². The summed E-state index contributed by atoms with van der Waals surface area (Å²) in [5.74, 6) is 1.78. The SMILES string of the molecule is c1cc(NC2CCCCCC2)nc(NC2CCCCCC2)n1. The number of nitrogens with zero attached hydrogens (tertiary/aromatic N) is 2. The maximum atomic E-state index is 4.69. The van der Waals surface area contributed by atoms with E-state index in [9.17, 15) is 0 Å². The highest BCUT2D eigenvalue weighted by Crippen LogP contribution is 2.22. The monoisotopic (exact) mass is 302 g/mol. The first-order valence-electron chi connectivity index (χ1n) is 9.26. The molecule has 2 N–H and O–H groups in total. The van der Waals surface area contributed by atoms with Gasteiger partial charge in [-0.3, -0.25) is 0 Å². The minimum Gasteiger partial charge on any atom is -0.367 e. The highest BCUT2D eigenvalue weighted by atomic mass is 15.2. The minimum atomic E-state index is 0.552. The normalized spacial score (nSPS) is 21.8. The third-order valence-corrected chi connectivity index (χ3v) is 5.05. The van der Waals surface area contributed by atoms with Crippen molar-refractivity contribution in [3.05, 3.63) is 12.3 Å². The fourth-order valence-electron chi connectivity index (χ4n) is 3.75. The molecule has 1 aromatic rings. The Morgan fingerprint density at radius 1 is 0.727 bits per heavy atom. The lowest BCUT2D eigenvalue weighted by Crippen LogP contribution is -2.22. The van der Waals surface area contributed by atoms with Crippen LogP contribution in [0.4, 0.5) is 11.8 Å².